The molecule has 0 saturated carbocycles. The highest BCUT2D eigenvalue weighted by molar-refractivity contribution is 7.47. The Balaban J connectivity index is 5.23. The molecule has 0 fully saturated rings. The monoisotopic (exact) mass is 1620 g/mol. The average molecular weight is 1620 g/mol. The molecule has 0 spiro atoms. The van der Waals surface area contributed by atoms with Crippen molar-refractivity contribution in [1.29, 1.82) is 0 Å². The van der Waals surface area contributed by atoms with Crippen LogP contribution in [0.1, 0.15) is 503 Å². The maximum Gasteiger partial charge on any atom is 0.472 e. The van der Waals surface area contributed by atoms with Crippen LogP contribution in [-0.4, -0.2) is 96.7 Å². The smallest absolute Gasteiger partial charge is 0.462 e. The molecule has 19 heteroatoms. The molecule has 0 aliphatic heterocycles. The molecule has 0 rings (SSSR count). The van der Waals surface area contributed by atoms with Crippen LogP contribution >= 0.6 is 15.6 Å². The lowest BCUT2D eigenvalue weighted by atomic mass is 10.0. The number of phosphoric ester groups is 2. The van der Waals surface area contributed by atoms with Crippen molar-refractivity contribution in [2.45, 2.75) is 522 Å². The number of phosphoric acid groups is 2. The van der Waals surface area contributed by atoms with Gasteiger partial charge >= 0.3 is 39.5 Å². The van der Waals surface area contributed by atoms with E-state index in [1.54, 1.807) is 0 Å². The minimum atomic E-state index is -4.97. The number of carbonyl (C=O) groups excluding carboxylic acids is 4. The van der Waals surface area contributed by atoms with Gasteiger partial charge in [0.25, 0.3) is 0 Å². The lowest BCUT2D eigenvalue weighted by Gasteiger charge is -2.21. The molecule has 2 unspecified atom stereocenters. The Kier molecular flexibility index (Phi) is 83.0. The van der Waals surface area contributed by atoms with Gasteiger partial charge < -0.3 is 33.8 Å². The summed E-state index contributed by atoms with van der Waals surface area (Å²) in [6, 6.07) is 0. The normalized spacial score (nSPS) is 13.7. The zero-order valence-electron chi connectivity index (χ0n) is 73.1. The van der Waals surface area contributed by atoms with Gasteiger partial charge in [0.2, 0.25) is 0 Å². The molecule has 111 heavy (non-hydrogen) atoms. The quantitative estimate of drug-likeness (QED) is 0.0222. The van der Waals surface area contributed by atoms with Crippen LogP contribution in [0.4, 0.5) is 0 Å². The van der Waals surface area contributed by atoms with Crippen LogP contribution in [0.5, 0.6) is 0 Å². The summed E-state index contributed by atoms with van der Waals surface area (Å²) < 4.78 is 69.1. The van der Waals surface area contributed by atoms with Gasteiger partial charge in [-0.3, -0.25) is 37.3 Å². The highest BCUT2D eigenvalue weighted by Crippen LogP contribution is 2.45. The fourth-order valence-corrected chi connectivity index (χ4v) is 16.1. The van der Waals surface area contributed by atoms with E-state index in [0.29, 0.717) is 25.7 Å². The summed E-state index contributed by atoms with van der Waals surface area (Å²) in [4.78, 5) is 73.4. The first-order valence-electron chi connectivity index (χ1n) is 47.6. The number of hydrogen-bond acceptors (Lipinski definition) is 15. The van der Waals surface area contributed by atoms with E-state index in [0.717, 1.165) is 95.8 Å². The van der Waals surface area contributed by atoms with Crippen LogP contribution in [0.25, 0.3) is 0 Å². The van der Waals surface area contributed by atoms with E-state index < -0.39 is 97.5 Å². The molecule has 0 bridgehead atoms. The van der Waals surface area contributed by atoms with Crippen LogP contribution < -0.4 is 0 Å². The Morgan fingerprint density at radius 3 is 0.613 bits per heavy atom. The third-order valence-corrected chi connectivity index (χ3v) is 23.7. The van der Waals surface area contributed by atoms with Gasteiger partial charge in [0.1, 0.15) is 19.3 Å². The molecule has 0 aromatic rings. The summed E-state index contributed by atoms with van der Waals surface area (Å²) in [6.07, 6.45) is 80.6. The predicted molar refractivity (Wildman–Crippen MR) is 460 cm³/mol. The Morgan fingerprint density at radius 1 is 0.243 bits per heavy atom. The summed E-state index contributed by atoms with van der Waals surface area (Å²) in [5, 5.41) is 10.7. The molecular weight excluding hydrogens is 1440 g/mol. The Morgan fingerprint density at radius 2 is 0.414 bits per heavy atom. The number of esters is 4. The minimum absolute atomic E-state index is 0.109. The molecule has 0 aliphatic rings. The lowest BCUT2D eigenvalue weighted by Crippen LogP contribution is -2.30. The molecule has 5 atom stereocenters. The van der Waals surface area contributed by atoms with Crippen LogP contribution in [0, 0.1) is 5.92 Å². The Bertz CT molecular complexity index is 2100. The molecule has 0 aromatic carbocycles. The van der Waals surface area contributed by atoms with E-state index in [9.17, 15) is 43.2 Å². The van der Waals surface area contributed by atoms with Crippen LogP contribution in [0.3, 0.4) is 0 Å². The van der Waals surface area contributed by atoms with E-state index >= 15 is 0 Å². The highest BCUT2D eigenvalue weighted by Gasteiger charge is 2.31. The van der Waals surface area contributed by atoms with Gasteiger partial charge in [0, 0.05) is 25.7 Å². The van der Waals surface area contributed by atoms with Gasteiger partial charge in [-0.25, -0.2) is 9.13 Å². The SMILES string of the molecule is CCCCCCCCCCCCCCCCCCCCCCCCC(=O)O[C@H](COC(=O)CCCCCCCCCCCCCCCCCCCCC(C)C)COP(=O)(O)OC[C@@H](O)COP(=O)(O)OC[C@@H](COC(=O)CCCCCCCCCCCCCC)OC(=O)CCCCCCCCCCCCCCCCCC. The second-order valence-corrected chi connectivity index (χ2v) is 36.4. The molecular formula is C92H180O17P2. The van der Waals surface area contributed by atoms with Gasteiger partial charge in [-0.1, -0.05) is 452 Å². The van der Waals surface area contributed by atoms with Gasteiger partial charge in [-0.05, 0) is 31.6 Å². The van der Waals surface area contributed by atoms with Crippen molar-refractivity contribution in [1.82, 2.24) is 0 Å². The van der Waals surface area contributed by atoms with Crippen molar-refractivity contribution in [2.24, 2.45) is 5.92 Å². The first kappa shape index (κ1) is 109. The van der Waals surface area contributed by atoms with Crippen molar-refractivity contribution < 1.29 is 80.2 Å². The molecule has 0 aliphatic carbocycles. The summed E-state index contributed by atoms with van der Waals surface area (Å²) >= 11 is 0. The molecule has 17 nitrogen and oxygen atoms in total. The molecule has 0 radical (unpaired) electrons. The number of carbonyl (C=O) groups is 4. The number of hydrogen-bond donors (Lipinski definition) is 3. The summed E-state index contributed by atoms with van der Waals surface area (Å²) in [7, 11) is -9.94. The van der Waals surface area contributed by atoms with E-state index in [-0.39, 0.29) is 25.7 Å². The zero-order chi connectivity index (χ0) is 81.1. The summed E-state index contributed by atoms with van der Waals surface area (Å²) in [6.45, 7) is 7.44. The van der Waals surface area contributed by atoms with Crippen molar-refractivity contribution >= 4 is 39.5 Å². The number of unbranched alkanes of at least 4 members (excludes halogenated alkanes) is 64. The van der Waals surface area contributed by atoms with E-state index in [1.165, 1.54) is 327 Å². The predicted octanol–water partition coefficient (Wildman–Crippen LogP) is 28.7. The molecule has 0 saturated heterocycles. The second-order valence-electron chi connectivity index (χ2n) is 33.5. The molecule has 660 valence electrons. The van der Waals surface area contributed by atoms with Gasteiger partial charge in [-0.15, -0.1) is 0 Å². The van der Waals surface area contributed by atoms with Gasteiger partial charge in [0.05, 0.1) is 26.4 Å². The minimum Gasteiger partial charge on any atom is -0.462 e. The van der Waals surface area contributed by atoms with Crippen LogP contribution in [0.2, 0.25) is 0 Å². The zero-order valence-corrected chi connectivity index (χ0v) is 74.9. The fraction of sp³-hybridized carbons (Fsp3) is 0.957. The maximum atomic E-state index is 13.2. The molecule has 0 heterocycles. The van der Waals surface area contributed by atoms with Gasteiger partial charge in [0.15, 0.2) is 12.2 Å². The number of ether oxygens (including phenoxy) is 4. The van der Waals surface area contributed by atoms with E-state index in [2.05, 4.69) is 34.6 Å². The highest BCUT2D eigenvalue weighted by atomic mass is 31.2. The molecule has 3 N–H and O–H groups in total. The lowest BCUT2D eigenvalue weighted by molar-refractivity contribution is -0.161. The third kappa shape index (κ3) is 85.8. The Hall–Kier alpha value is -1.94. The fourth-order valence-electron chi connectivity index (χ4n) is 14.5. The largest absolute Gasteiger partial charge is 0.472 e. The summed E-state index contributed by atoms with van der Waals surface area (Å²) in [5.74, 6) is -1.27. The van der Waals surface area contributed by atoms with Gasteiger partial charge in [-0.2, -0.15) is 0 Å². The first-order chi connectivity index (χ1) is 54.0. The maximum absolute atomic E-state index is 13.2. The van der Waals surface area contributed by atoms with Crippen molar-refractivity contribution in [2.75, 3.05) is 39.6 Å². The summed E-state index contributed by atoms with van der Waals surface area (Å²) in [5.41, 5.74) is 0. The number of aliphatic hydroxyl groups is 1. The van der Waals surface area contributed by atoms with Crippen molar-refractivity contribution in [3.63, 3.8) is 0 Å². The topological polar surface area (TPSA) is 237 Å². The number of aliphatic hydroxyl groups excluding tert-OH is 1. The molecule has 0 amide bonds. The van der Waals surface area contributed by atoms with E-state index in [4.69, 9.17) is 37.0 Å². The number of rotatable bonds is 92. The van der Waals surface area contributed by atoms with Crippen molar-refractivity contribution in [3.8, 4) is 0 Å². The third-order valence-electron chi connectivity index (χ3n) is 21.8. The Labute approximate surface area is 683 Å². The first-order valence-corrected chi connectivity index (χ1v) is 50.6. The van der Waals surface area contributed by atoms with Crippen LogP contribution in [-0.2, 0) is 65.4 Å². The second kappa shape index (κ2) is 84.5. The molecule has 0 aromatic heterocycles. The van der Waals surface area contributed by atoms with Crippen LogP contribution in [0.15, 0.2) is 0 Å². The van der Waals surface area contributed by atoms with E-state index in [1.807, 2.05) is 0 Å². The van der Waals surface area contributed by atoms with Crippen molar-refractivity contribution in [3.05, 3.63) is 0 Å². The average Bonchev–Trinajstić information content (AvgIpc) is 0.895. The standard InChI is InChI=1S/C92H180O17P2/c1-6-9-12-15-18-21-24-27-29-31-32-33-34-35-40-44-48-53-58-63-68-73-78-92(97)109-88(82-103-90(95)76-71-66-61-56-51-46-43-39-37-36-38-41-45-49-54-59-64-69-74-85(4)5)84-107-111(100,101)105-80-86(93)79-104-110(98,99)106-83-87(81-102-89(94)75-70-65-60-55-50-26-23-20-17-14-11-8-3)108-91(96)77-72-67-62-57-52-47-42-30-28-25-22-19-16-13-10-7-2/h85-88,93H,6-84H2,1-5H3,(H,98,99)(H,100,101)/t86-,87+,88+/m0/s1.